The largest absolute Gasteiger partial charge is 0.355 e. The lowest BCUT2D eigenvalue weighted by Crippen LogP contribution is -2.45. The summed E-state index contributed by atoms with van der Waals surface area (Å²) < 4.78 is 0. The fraction of sp³-hybridized carbons (Fsp3) is 0.471. The topological polar surface area (TPSA) is 81.8 Å². The zero-order valence-electron chi connectivity index (χ0n) is 13.7. The van der Waals surface area contributed by atoms with Crippen LogP contribution in [0.15, 0.2) is 30.3 Å². The molecule has 1 aromatic rings. The molecular weight excluding hydrogens is 308 g/mol. The summed E-state index contributed by atoms with van der Waals surface area (Å²) in [6, 6.07) is 9.05. The third-order valence-corrected chi connectivity index (χ3v) is 4.65. The zero-order chi connectivity index (χ0) is 17.2. The molecule has 2 aliphatic rings. The first-order chi connectivity index (χ1) is 11.5. The SMILES string of the molecule is CC(=O)N1CCN(C(=O)Nc2ccccc2)C[C@]2(CNC(=O)C2)C1. The number of amides is 4. The maximum Gasteiger partial charge on any atom is 0.321 e. The van der Waals surface area contributed by atoms with Crippen molar-refractivity contribution in [3.63, 3.8) is 0 Å². The van der Waals surface area contributed by atoms with Crippen molar-refractivity contribution < 1.29 is 14.4 Å². The van der Waals surface area contributed by atoms with Crippen LogP contribution in [0, 0.1) is 5.41 Å². The number of carbonyl (C=O) groups excluding carboxylic acids is 3. The van der Waals surface area contributed by atoms with Crippen molar-refractivity contribution in [3.05, 3.63) is 30.3 Å². The van der Waals surface area contributed by atoms with Crippen molar-refractivity contribution >= 4 is 23.5 Å². The normalized spacial score (nSPS) is 23.8. The van der Waals surface area contributed by atoms with E-state index in [-0.39, 0.29) is 17.8 Å². The van der Waals surface area contributed by atoms with E-state index in [2.05, 4.69) is 10.6 Å². The van der Waals surface area contributed by atoms with Crippen LogP contribution in [-0.2, 0) is 9.59 Å². The first-order valence-corrected chi connectivity index (χ1v) is 8.11. The second-order valence-corrected chi connectivity index (χ2v) is 6.61. The molecule has 7 nitrogen and oxygen atoms in total. The van der Waals surface area contributed by atoms with E-state index >= 15 is 0 Å². The number of hydrogen-bond donors (Lipinski definition) is 2. The molecule has 2 fully saturated rings. The highest BCUT2D eigenvalue weighted by atomic mass is 16.2. The number of urea groups is 1. The predicted molar refractivity (Wildman–Crippen MR) is 89.3 cm³/mol. The number of hydrogen-bond acceptors (Lipinski definition) is 3. The van der Waals surface area contributed by atoms with Gasteiger partial charge in [0.2, 0.25) is 11.8 Å². The summed E-state index contributed by atoms with van der Waals surface area (Å²) in [5.41, 5.74) is 0.317. The summed E-state index contributed by atoms with van der Waals surface area (Å²) in [6.45, 7) is 3.90. The molecule has 128 valence electrons. The van der Waals surface area contributed by atoms with Crippen LogP contribution in [0.1, 0.15) is 13.3 Å². The molecular formula is C17H22N4O3. The molecule has 0 radical (unpaired) electrons. The van der Waals surface area contributed by atoms with Crippen LogP contribution in [0.4, 0.5) is 10.5 Å². The standard InChI is InChI=1S/C17H22N4O3/c1-13(22)20-7-8-21(12-17(11-20)9-15(23)18-10-17)16(24)19-14-5-3-2-4-6-14/h2-6H,7-12H2,1H3,(H,18,23)(H,19,24)/t17-/m1/s1. The Hall–Kier alpha value is -2.57. The minimum atomic E-state index is -0.409. The van der Waals surface area contributed by atoms with Gasteiger partial charge in [-0.15, -0.1) is 0 Å². The highest BCUT2D eigenvalue weighted by molar-refractivity contribution is 5.89. The van der Waals surface area contributed by atoms with Gasteiger partial charge in [-0.1, -0.05) is 18.2 Å². The maximum atomic E-state index is 12.6. The molecule has 0 bridgehead atoms. The first kappa shape index (κ1) is 16.3. The Balaban J connectivity index is 1.76. The molecule has 24 heavy (non-hydrogen) atoms. The summed E-state index contributed by atoms with van der Waals surface area (Å²) in [5, 5.41) is 5.72. The molecule has 1 atom stereocenters. The molecule has 7 heteroatoms. The smallest absolute Gasteiger partial charge is 0.321 e. The molecule has 2 saturated heterocycles. The molecule has 2 heterocycles. The van der Waals surface area contributed by atoms with E-state index in [0.29, 0.717) is 39.1 Å². The van der Waals surface area contributed by atoms with Crippen molar-refractivity contribution in [1.29, 1.82) is 0 Å². The van der Waals surface area contributed by atoms with Gasteiger partial charge in [-0.05, 0) is 12.1 Å². The highest BCUT2D eigenvalue weighted by Crippen LogP contribution is 2.31. The second-order valence-electron chi connectivity index (χ2n) is 6.61. The van der Waals surface area contributed by atoms with Gasteiger partial charge in [0, 0.05) is 57.2 Å². The van der Waals surface area contributed by atoms with Crippen molar-refractivity contribution in [3.8, 4) is 0 Å². The average molecular weight is 330 g/mol. The fourth-order valence-corrected chi connectivity index (χ4v) is 3.40. The van der Waals surface area contributed by atoms with Crippen LogP contribution in [0.2, 0.25) is 0 Å². The Morgan fingerprint density at radius 1 is 1.12 bits per heavy atom. The van der Waals surface area contributed by atoms with Crippen LogP contribution in [-0.4, -0.2) is 60.4 Å². The van der Waals surface area contributed by atoms with E-state index in [9.17, 15) is 14.4 Å². The van der Waals surface area contributed by atoms with Gasteiger partial charge in [-0.3, -0.25) is 9.59 Å². The van der Waals surface area contributed by atoms with E-state index in [1.807, 2.05) is 30.3 Å². The summed E-state index contributed by atoms with van der Waals surface area (Å²) in [5.74, 6) is -0.0529. The molecule has 3 rings (SSSR count). The van der Waals surface area contributed by atoms with Gasteiger partial charge < -0.3 is 20.4 Å². The summed E-state index contributed by atoms with van der Waals surface area (Å²) >= 11 is 0. The molecule has 2 N–H and O–H groups in total. The summed E-state index contributed by atoms with van der Waals surface area (Å²) in [6.07, 6.45) is 0.339. The molecule has 1 spiro atoms. The predicted octanol–water partition coefficient (Wildman–Crippen LogP) is 0.889. The van der Waals surface area contributed by atoms with Gasteiger partial charge in [0.25, 0.3) is 0 Å². The fourth-order valence-electron chi connectivity index (χ4n) is 3.40. The first-order valence-electron chi connectivity index (χ1n) is 8.11. The lowest BCUT2D eigenvalue weighted by atomic mass is 9.86. The van der Waals surface area contributed by atoms with Crippen molar-refractivity contribution in [2.75, 3.05) is 38.0 Å². The quantitative estimate of drug-likeness (QED) is 0.802. The number of nitrogens with one attached hydrogen (secondary N) is 2. The minimum absolute atomic E-state index is 0.0242. The van der Waals surface area contributed by atoms with E-state index < -0.39 is 5.41 Å². The molecule has 0 saturated carbocycles. The number of carbonyl (C=O) groups is 3. The second kappa shape index (κ2) is 6.51. The third kappa shape index (κ3) is 3.50. The molecule has 4 amide bonds. The number of benzene rings is 1. The van der Waals surface area contributed by atoms with Crippen molar-refractivity contribution in [1.82, 2.24) is 15.1 Å². The van der Waals surface area contributed by atoms with E-state index in [1.165, 1.54) is 6.92 Å². The monoisotopic (exact) mass is 330 g/mol. The molecule has 0 aromatic heterocycles. The van der Waals surface area contributed by atoms with E-state index in [0.717, 1.165) is 5.69 Å². The van der Waals surface area contributed by atoms with Crippen molar-refractivity contribution in [2.24, 2.45) is 5.41 Å². The van der Waals surface area contributed by atoms with Crippen LogP contribution >= 0.6 is 0 Å². The molecule has 0 unspecified atom stereocenters. The highest BCUT2D eigenvalue weighted by Gasteiger charge is 2.44. The summed E-state index contributed by atoms with van der Waals surface area (Å²) in [7, 11) is 0. The van der Waals surface area contributed by atoms with Gasteiger partial charge in [-0.25, -0.2) is 4.79 Å². The van der Waals surface area contributed by atoms with E-state index in [4.69, 9.17) is 0 Å². The molecule has 2 aliphatic heterocycles. The van der Waals surface area contributed by atoms with Crippen molar-refractivity contribution in [2.45, 2.75) is 13.3 Å². The Morgan fingerprint density at radius 2 is 1.79 bits per heavy atom. The number of para-hydroxylation sites is 1. The Kier molecular flexibility index (Phi) is 4.42. The van der Waals surface area contributed by atoms with Gasteiger partial charge in [0.15, 0.2) is 0 Å². The van der Waals surface area contributed by atoms with Gasteiger partial charge in [0.05, 0.1) is 0 Å². The zero-order valence-corrected chi connectivity index (χ0v) is 13.7. The van der Waals surface area contributed by atoms with E-state index in [1.54, 1.807) is 9.80 Å². The maximum absolute atomic E-state index is 12.6. The van der Waals surface area contributed by atoms with Gasteiger partial charge in [0.1, 0.15) is 0 Å². The lowest BCUT2D eigenvalue weighted by Gasteiger charge is -2.32. The summed E-state index contributed by atoms with van der Waals surface area (Å²) in [4.78, 5) is 39.6. The molecule has 0 aliphatic carbocycles. The van der Waals surface area contributed by atoms with Crippen LogP contribution in [0.3, 0.4) is 0 Å². The van der Waals surface area contributed by atoms with Crippen LogP contribution in [0.25, 0.3) is 0 Å². The van der Waals surface area contributed by atoms with Gasteiger partial charge in [-0.2, -0.15) is 0 Å². The van der Waals surface area contributed by atoms with Gasteiger partial charge >= 0.3 is 6.03 Å². The lowest BCUT2D eigenvalue weighted by molar-refractivity contribution is -0.130. The van der Waals surface area contributed by atoms with Crippen LogP contribution in [0.5, 0.6) is 0 Å². The average Bonchev–Trinajstić information content (AvgIpc) is 2.79. The third-order valence-electron chi connectivity index (χ3n) is 4.65. The Labute approximate surface area is 141 Å². The van der Waals surface area contributed by atoms with Crippen LogP contribution < -0.4 is 10.6 Å². The molecule has 1 aromatic carbocycles. The minimum Gasteiger partial charge on any atom is -0.355 e. The number of rotatable bonds is 1. The Bertz CT molecular complexity index is 648. The Morgan fingerprint density at radius 3 is 2.42 bits per heavy atom. The number of anilines is 1. The number of nitrogens with zero attached hydrogens (tertiary/aromatic N) is 2.